The topological polar surface area (TPSA) is 108 Å². The lowest BCUT2D eigenvalue weighted by Gasteiger charge is -2.38. The zero-order valence-electron chi connectivity index (χ0n) is 19.9. The second kappa shape index (κ2) is 7.89. The third-order valence-corrected chi connectivity index (χ3v) is 8.45. The van der Waals surface area contributed by atoms with Crippen molar-refractivity contribution in [3.8, 4) is 5.75 Å². The molecule has 1 spiro atoms. The Morgan fingerprint density at radius 3 is 2.81 bits per heavy atom. The zero-order valence-corrected chi connectivity index (χ0v) is 19.9. The lowest BCUT2D eigenvalue weighted by Crippen LogP contribution is -2.52. The van der Waals surface area contributed by atoms with E-state index >= 15 is 0 Å². The molecule has 9 nitrogen and oxygen atoms in total. The van der Waals surface area contributed by atoms with Crippen molar-refractivity contribution < 1.29 is 19.1 Å². The summed E-state index contributed by atoms with van der Waals surface area (Å²) in [5, 5.41) is 10.6. The van der Waals surface area contributed by atoms with E-state index in [4.69, 9.17) is 4.74 Å². The monoisotopic (exact) mass is 485 g/mol. The lowest BCUT2D eigenvalue weighted by atomic mass is 9.74. The van der Waals surface area contributed by atoms with Crippen molar-refractivity contribution in [1.82, 2.24) is 25.3 Å². The third kappa shape index (κ3) is 3.26. The number of likely N-dealkylation sites (tertiary alicyclic amines) is 1. The molecule has 1 unspecified atom stereocenters. The molecule has 9 heteroatoms. The summed E-state index contributed by atoms with van der Waals surface area (Å²) in [4.78, 5) is 41.2. The van der Waals surface area contributed by atoms with Gasteiger partial charge in [-0.25, -0.2) is 0 Å². The molecule has 1 aromatic heterocycles. The number of imide groups is 1. The van der Waals surface area contributed by atoms with Crippen LogP contribution in [0.4, 0.5) is 0 Å². The fourth-order valence-corrected chi connectivity index (χ4v) is 6.39. The van der Waals surface area contributed by atoms with Crippen LogP contribution < -0.4 is 10.1 Å². The van der Waals surface area contributed by atoms with Gasteiger partial charge in [0, 0.05) is 40.5 Å². The highest BCUT2D eigenvalue weighted by molar-refractivity contribution is 6.05. The number of H-pyrrole nitrogens is 1. The maximum Gasteiger partial charge on any atom is 0.255 e. The van der Waals surface area contributed by atoms with Crippen molar-refractivity contribution in [1.29, 1.82) is 0 Å². The predicted octanol–water partition coefficient (Wildman–Crippen LogP) is 2.25. The van der Waals surface area contributed by atoms with E-state index < -0.39 is 6.04 Å². The number of hydrogen-bond donors (Lipinski definition) is 2. The van der Waals surface area contributed by atoms with Crippen LogP contribution in [0.15, 0.2) is 36.5 Å². The molecule has 4 aliphatic heterocycles. The highest BCUT2D eigenvalue weighted by atomic mass is 16.5. The van der Waals surface area contributed by atoms with Gasteiger partial charge in [-0.05, 0) is 56.1 Å². The van der Waals surface area contributed by atoms with Gasteiger partial charge < -0.3 is 9.64 Å². The molecular weight excluding hydrogens is 458 g/mol. The molecule has 36 heavy (non-hydrogen) atoms. The van der Waals surface area contributed by atoms with Crippen LogP contribution in [0.3, 0.4) is 0 Å². The number of nitrogens with one attached hydrogen (secondary N) is 2. The minimum atomic E-state index is -0.613. The van der Waals surface area contributed by atoms with Crippen LogP contribution >= 0.6 is 0 Å². The Morgan fingerprint density at radius 1 is 1.11 bits per heavy atom. The van der Waals surface area contributed by atoms with Crippen LogP contribution in [0.5, 0.6) is 5.75 Å². The van der Waals surface area contributed by atoms with Crippen molar-refractivity contribution in [2.24, 2.45) is 0 Å². The van der Waals surface area contributed by atoms with E-state index in [1.807, 2.05) is 12.3 Å². The molecule has 0 aliphatic carbocycles. The number of aromatic nitrogens is 2. The Morgan fingerprint density at radius 2 is 1.97 bits per heavy atom. The summed E-state index contributed by atoms with van der Waals surface area (Å²) in [6, 6.07) is 9.81. The number of rotatable bonds is 3. The van der Waals surface area contributed by atoms with E-state index in [-0.39, 0.29) is 29.6 Å². The van der Waals surface area contributed by atoms with Crippen LogP contribution in [0.1, 0.15) is 52.7 Å². The second-order valence-corrected chi connectivity index (χ2v) is 10.5. The van der Waals surface area contributed by atoms with Crippen molar-refractivity contribution in [2.45, 2.75) is 50.2 Å². The number of carbonyl (C=O) groups excluding carboxylic acids is 3. The van der Waals surface area contributed by atoms with E-state index in [0.717, 1.165) is 54.7 Å². The van der Waals surface area contributed by atoms with E-state index in [1.54, 1.807) is 4.90 Å². The van der Waals surface area contributed by atoms with Gasteiger partial charge in [0.15, 0.2) is 0 Å². The number of piperidine rings is 2. The first kappa shape index (κ1) is 21.6. The molecule has 7 rings (SSSR count). The number of carbonyl (C=O) groups is 3. The van der Waals surface area contributed by atoms with Crippen LogP contribution in [-0.4, -0.2) is 63.5 Å². The number of amides is 3. The molecule has 2 aromatic carbocycles. The van der Waals surface area contributed by atoms with Crippen molar-refractivity contribution in [3.63, 3.8) is 0 Å². The minimum absolute atomic E-state index is 0.0412. The van der Waals surface area contributed by atoms with Crippen LogP contribution in [0.25, 0.3) is 10.9 Å². The van der Waals surface area contributed by atoms with Gasteiger partial charge in [-0.3, -0.25) is 29.7 Å². The number of ether oxygens (including phenoxy) is 1. The number of nitrogens with zero attached hydrogens (tertiary/aromatic N) is 3. The second-order valence-electron chi connectivity index (χ2n) is 10.5. The predicted molar refractivity (Wildman–Crippen MR) is 130 cm³/mol. The standard InChI is InChI=1S/C27H27N5O4/c33-23-6-5-22(25(34)29-23)32-14-19-18(26(32)35)2-3-20-24(19)36-15-27(20)7-9-31(10-8-27)13-16-1-4-21-17(11-16)12-28-30-21/h1-4,11-12,22H,5-10,13-15H2,(H,28,30)(H,29,33,34). The van der Waals surface area contributed by atoms with Gasteiger partial charge >= 0.3 is 0 Å². The molecule has 184 valence electrons. The highest BCUT2D eigenvalue weighted by Gasteiger charge is 2.47. The summed E-state index contributed by atoms with van der Waals surface area (Å²) in [5.41, 5.74) is 4.99. The van der Waals surface area contributed by atoms with E-state index in [0.29, 0.717) is 25.1 Å². The average molecular weight is 486 g/mol. The Kier molecular flexibility index (Phi) is 4.73. The molecule has 0 radical (unpaired) electrons. The fraction of sp³-hybridized carbons (Fsp3) is 0.407. The quantitative estimate of drug-likeness (QED) is 0.551. The fourth-order valence-electron chi connectivity index (χ4n) is 6.39. The van der Waals surface area contributed by atoms with Crippen molar-refractivity contribution in [2.75, 3.05) is 19.7 Å². The van der Waals surface area contributed by atoms with Crippen LogP contribution in [0.2, 0.25) is 0 Å². The van der Waals surface area contributed by atoms with Gasteiger partial charge in [0.2, 0.25) is 11.8 Å². The number of benzene rings is 2. The molecule has 4 aliphatic rings. The van der Waals surface area contributed by atoms with Gasteiger partial charge in [-0.1, -0.05) is 12.1 Å². The Hall–Kier alpha value is -3.72. The minimum Gasteiger partial charge on any atom is -0.492 e. The normalized spacial score (nSPS) is 23.2. The summed E-state index contributed by atoms with van der Waals surface area (Å²) >= 11 is 0. The Bertz CT molecular complexity index is 1420. The number of hydrogen-bond acceptors (Lipinski definition) is 6. The molecule has 2 N–H and O–H groups in total. The smallest absolute Gasteiger partial charge is 0.255 e. The maximum atomic E-state index is 13.2. The molecule has 0 bridgehead atoms. The maximum absolute atomic E-state index is 13.2. The summed E-state index contributed by atoms with van der Waals surface area (Å²) in [6.45, 7) is 3.84. The zero-order chi connectivity index (χ0) is 24.4. The molecule has 5 heterocycles. The summed E-state index contributed by atoms with van der Waals surface area (Å²) in [7, 11) is 0. The van der Waals surface area contributed by atoms with Gasteiger partial charge in [-0.15, -0.1) is 0 Å². The molecule has 0 saturated carbocycles. The van der Waals surface area contributed by atoms with Crippen molar-refractivity contribution >= 4 is 28.6 Å². The first-order chi connectivity index (χ1) is 17.5. The van der Waals surface area contributed by atoms with E-state index in [2.05, 4.69) is 44.7 Å². The summed E-state index contributed by atoms with van der Waals surface area (Å²) < 4.78 is 6.29. The molecule has 2 fully saturated rings. The molecule has 3 aromatic rings. The SMILES string of the molecule is O=C1CCC(N2Cc3c(ccc4c3OCC43CCN(Cc4ccc5[nH]ncc5c4)CC3)C2=O)C(=O)N1. The van der Waals surface area contributed by atoms with Crippen molar-refractivity contribution in [3.05, 3.63) is 58.8 Å². The lowest BCUT2D eigenvalue weighted by molar-refractivity contribution is -0.136. The van der Waals surface area contributed by atoms with Gasteiger partial charge in [-0.2, -0.15) is 5.10 Å². The average Bonchev–Trinajstić information content (AvgIpc) is 3.57. The summed E-state index contributed by atoms with van der Waals surface area (Å²) in [5.74, 6) is 0.00596. The highest BCUT2D eigenvalue weighted by Crippen LogP contribution is 2.49. The van der Waals surface area contributed by atoms with E-state index in [9.17, 15) is 14.4 Å². The number of fused-ring (bicyclic) bond motifs is 5. The van der Waals surface area contributed by atoms with Gasteiger partial charge in [0.25, 0.3) is 5.91 Å². The largest absolute Gasteiger partial charge is 0.492 e. The first-order valence-corrected chi connectivity index (χ1v) is 12.6. The molecule has 2 saturated heterocycles. The van der Waals surface area contributed by atoms with Crippen LogP contribution in [-0.2, 0) is 28.1 Å². The van der Waals surface area contributed by atoms with Crippen LogP contribution in [0, 0.1) is 0 Å². The Labute approximate surface area is 207 Å². The number of aromatic amines is 1. The van der Waals surface area contributed by atoms with Gasteiger partial charge in [0.05, 0.1) is 24.9 Å². The van der Waals surface area contributed by atoms with E-state index in [1.165, 1.54) is 11.1 Å². The summed E-state index contributed by atoms with van der Waals surface area (Å²) in [6.07, 6.45) is 4.47. The molecule has 1 atom stereocenters. The van der Waals surface area contributed by atoms with Gasteiger partial charge in [0.1, 0.15) is 11.8 Å². The Balaban J connectivity index is 1.08. The molecule has 3 amide bonds. The third-order valence-electron chi connectivity index (χ3n) is 8.45. The molecular formula is C27H27N5O4. The first-order valence-electron chi connectivity index (χ1n) is 12.6.